The molecule has 0 radical (unpaired) electrons. The van der Waals surface area contributed by atoms with E-state index in [-0.39, 0.29) is 6.61 Å². The van der Waals surface area contributed by atoms with E-state index in [1.807, 2.05) is 6.92 Å². The summed E-state index contributed by atoms with van der Waals surface area (Å²) in [5.41, 5.74) is 1.34. The predicted molar refractivity (Wildman–Crippen MR) is 115 cm³/mol. The Hall–Kier alpha value is -3.11. The van der Waals surface area contributed by atoms with E-state index in [0.29, 0.717) is 40.5 Å². The first-order valence-electron chi connectivity index (χ1n) is 9.75. The fraction of sp³-hybridized carbons (Fsp3) is 0.217. The minimum atomic E-state index is -4.43. The molecule has 0 aliphatic carbocycles. The summed E-state index contributed by atoms with van der Waals surface area (Å²) < 4.78 is 62.7. The van der Waals surface area contributed by atoms with E-state index in [1.54, 1.807) is 24.3 Å². The van der Waals surface area contributed by atoms with Crippen molar-refractivity contribution in [3.63, 3.8) is 0 Å². The van der Waals surface area contributed by atoms with Gasteiger partial charge in [-0.3, -0.25) is 0 Å². The molecule has 5 nitrogen and oxygen atoms in total. The first-order valence-corrected chi connectivity index (χ1v) is 10.7. The fourth-order valence-electron chi connectivity index (χ4n) is 2.87. The van der Waals surface area contributed by atoms with E-state index in [2.05, 4.69) is 5.16 Å². The minimum Gasteiger partial charge on any atom is -0.476 e. The Balaban J connectivity index is 1.77. The SMILES string of the molecule is CCOCc1c(CSc2ccc(C=C(F)C(=O)O)cc2)noc1-c1ccc(C(F)(F)F)cc1. The quantitative estimate of drug-likeness (QED) is 0.211. The van der Waals surface area contributed by atoms with E-state index in [9.17, 15) is 22.4 Å². The van der Waals surface area contributed by atoms with Gasteiger partial charge in [0, 0.05) is 28.4 Å². The number of nitrogens with zero attached hydrogens (tertiary/aromatic N) is 1. The smallest absolute Gasteiger partial charge is 0.416 e. The lowest BCUT2D eigenvalue weighted by Gasteiger charge is -2.08. The third-order valence-electron chi connectivity index (χ3n) is 4.55. The highest BCUT2D eigenvalue weighted by Gasteiger charge is 2.30. The maximum absolute atomic E-state index is 13.2. The minimum absolute atomic E-state index is 0.185. The third-order valence-corrected chi connectivity index (χ3v) is 5.57. The average Bonchev–Trinajstić information content (AvgIpc) is 3.19. The monoisotopic (exact) mass is 481 g/mol. The van der Waals surface area contributed by atoms with Crippen LogP contribution in [0.2, 0.25) is 0 Å². The number of aliphatic carboxylic acids is 1. The van der Waals surface area contributed by atoms with Crippen molar-refractivity contribution in [3.05, 3.63) is 76.7 Å². The molecule has 0 atom stereocenters. The Morgan fingerprint density at radius 2 is 1.82 bits per heavy atom. The number of aromatic nitrogens is 1. The van der Waals surface area contributed by atoms with Crippen LogP contribution in [0.5, 0.6) is 0 Å². The number of hydrogen-bond acceptors (Lipinski definition) is 5. The summed E-state index contributed by atoms with van der Waals surface area (Å²) in [6.07, 6.45) is -3.51. The Labute approximate surface area is 191 Å². The topological polar surface area (TPSA) is 72.6 Å². The van der Waals surface area contributed by atoms with Crippen LogP contribution in [0, 0.1) is 0 Å². The molecule has 2 aromatic carbocycles. The van der Waals surface area contributed by atoms with Crippen molar-refractivity contribution in [1.29, 1.82) is 0 Å². The van der Waals surface area contributed by atoms with E-state index in [0.717, 1.165) is 23.1 Å². The van der Waals surface area contributed by atoms with Crippen molar-refractivity contribution >= 4 is 23.8 Å². The van der Waals surface area contributed by atoms with Gasteiger partial charge in [0.2, 0.25) is 5.83 Å². The molecule has 0 bridgehead atoms. The van der Waals surface area contributed by atoms with Crippen molar-refractivity contribution in [2.75, 3.05) is 6.61 Å². The summed E-state index contributed by atoms with van der Waals surface area (Å²) in [6, 6.07) is 11.2. The first kappa shape index (κ1) is 24.5. The second-order valence-corrected chi connectivity index (χ2v) is 7.85. The van der Waals surface area contributed by atoms with E-state index in [4.69, 9.17) is 14.4 Å². The summed E-state index contributed by atoms with van der Waals surface area (Å²) in [7, 11) is 0. The molecule has 33 heavy (non-hydrogen) atoms. The highest BCUT2D eigenvalue weighted by molar-refractivity contribution is 7.98. The Morgan fingerprint density at radius 1 is 1.15 bits per heavy atom. The Morgan fingerprint density at radius 3 is 2.39 bits per heavy atom. The lowest BCUT2D eigenvalue weighted by atomic mass is 10.1. The summed E-state index contributed by atoms with van der Waals surface area (Å²) in [6.45, 7) is 2.44. The van der Waals surface area contributed by atoms with Crippen LogP contribution in [-0.4, -0.2) is 22.8 Å². The molecule has 1 N–H and O–H groups in total. The molecule has 0 aliphatic heterocycles. The van der Waals surface area contributed by atoms with Gasteiger partial charge in [0.1, 0.15) is 0 Å². The fourth-order valence-corrected chi connectivity index (χ4v) is 3.72. The standard InChI is InChI=1S/C23H19F4NO4S/c1-2-31-12-18-20(13-33-17-9-3-14(4-10-17)11-19(24)22(29)30)28-32-21(18)15-5-7-16(8-6-15)23(25,26)27/h3-11H,2,12-13H2,1H3,(H,29,30). The van der Waals surface area contributed by atoms with Crippen LogP contribution in [-0.2, 0) is 28.1 Å². The zero-order chi connectivity index (χ0) is 24.0. The summed E-state index contributed by atoms with van der Waals surface area (Å²) in [5, 5.41) is 12.7. The van der Waals surface area contributed by atoms with Gasteiger partial charge in [-0.2, -0.15) is 17.6 Å². The molecule has 0 fully saturated rings. The van der Waals surface area contributed by atoms with E-state index >= 15 is 0 Å². The highest BCUT2D eigenvalue weighted by Crippen LogP contribution is 2.34. The van der Waals surface area contributed by atoms with E-state index < -0.39 is 23.5 Å². The average molecular weight is 481 g/mol. The normalized spacial score (nSPS) is 12.2. The van der Waals surface area contributed by atoms with Crippen LogP contribution >= 0.6 is 11.8 Å². The summed E-state index contributed by atoms with van der Waals surface area (Å²) in [5.74, 6) is -2.15. The molecule has 1 aromatic heterocycles. The van der Waals surface area contributed by atoms with Crippen LogP contribution in [0.25, 0.3) is 17.4 Å². The van der Waals surface area contributed by atoms with Gasteiger partial charge in [0.05, 0.1) is 17.9 Å². The maximum atomic E-state index is 13.2. The van der Waals surface area contributed by atoms with E-state index in [1.165, 1.54) is 23.9 Å². The van der Waals surface area contributed by atoms with Gasteiger partial charge >= 0.3 is 12.1 Å². The number of hydrogen-bond donors (Lipinski definition) is 1. The van der Waals surface area contributed by atoms with Gasteiger partial charge in [0.25, 0.3) is 0 Å². The number of halogens is 4. The van der Waals surface area contributed by atoms with Gasteiger partial charge < -0.3 is 14.4 Å². The van der Waals surface area contributed by atoms with Gasteiger partial charge in [0.15, 0.2) is 5.76 Å². The molecular formula is C23H19F4NO4S. The molecule has 174 valence electrons. The second kappa shape index (κ2) is 10.7. The molecule has 0 saturated heterocycles. The molecule has 10 heteroatoms. The molecule has 0 spiro atoms. The molecule has 0 unspecified atom stereocenters. The number of alkyl halides is 3. The summed E-state index contributed by atoms with van der Waals surface area (Å²) >= 11 is 1.41. The van der Waals surface area contributed by atoms with Crippen molar-refractivity contribution in [3.8, 4) is 11.3 Å². The van der Waals surface area contributed by atoms with Gasteiger partial charge in [-0.05, 0) is 42.8 Å². The Kier molecular flexibility index (Phi) is 7.93. The largest absolute Gasteiger partial charge is 0.476 e. The molecular weight excluding hydrogens is 462 g/mol. The van der Waals surface area contributed by atoms with Gasteiger partial charge in [-0.1, -0.05) is 29.4 Å². The number of rotatable bonds is 9. The van der Waals surface area contributed by atoms with Gasteiger partial charge in [-0.15, -0.1) is 11.8 Å². The predicted octanol–water partition coefficient (Wildman–Crippen LogP) is 6.58. The summed E-state index contributed by atoms with van der Waals surface area (Å²) in [4.78, 5) is 11.4. The number of carbonyl (C=O) groups is 1. The van der Waals surface area contributed by atoms with Crippen molar-refractivity contribution in [1.82, 2.24) is 5.16 Å². The molecule has 3 aromatic rings. The van der Waals surface area contributed by atoms with Gasteiger partial charge in [-0.25, -0.2) is 4.79 Å². The lowest BCUT2D eigenvalue weighted by molar-refractivity contribution is -0.137. The maximum Gasteiger partial charge on any atom is 0.416 e. The second-order valence-electron chi connectivity index (χ2n) is 6.80. The highest BCUT2D eigenvalue weighted by atomic mass is 32.2. The Bertz CT molecular complexity index is 1120. The number of benzene rings is 2. The van der Waals surface area contributed by atoms with Crippen LogP contribution in [0.1, 0.15) is 29.3 Å². The van der Waals surface area contributed by atoms with Crippen LogP contribution < -0.4 is 0 Å². The number of carboxylic acid groups (broad SMARTS) is 1. The van der Waals surface area contributed by atoms with Crippen molar-refractivity contribution in [2.45, 2.75) is 30.4 Å². The van der Waals surface area contributed by atoms with Crippen molar-refractivity contribution in [2.24, 2.45) is 0 Å². The van der Waals surface area contributed by atoms with Crippen LogP contribution in [0.15, 0.2) is 63.8 Å². The molecule has 3 rings (SSSR count). The number of thioether (sulfide) groups is 1. The zero-order valence-corrected chi connectivity index (χ0v) is 18.2. The lowest BCUT2D eigenvalue weighted by Crippen LogP contribution is -2.04. The number of carboxylic acids is 1. The van der Waals surface area contributed by atoms with Crippen molar-refractivity contribution < 1.29 is 36.7 Å². The van der Waals surface area contributed by atoms with Crippen LogP contribution in [0.3, 0.4) is 0 Å². The molecule has 0 aliphatic rings. The van der Waals surface area contributed by atoms with Crippen LogP contribution in [0.4, 0.5) is 17.6 Å². The molecule has 1 heterocycles. The molecule has 0 amide bonds. The third kappa shape index (κ3) is 6.45. The first-order chi connectivity index (χ1) is 15.7. The molecule has 0 saturated carbocycles. The zero-order valence-electron chi connectivity index (χ0n) is 17.4. The number of ether oxygens (including phenoxy) is 1.